The van der Waals surface area contributed by atoms with Gasteiger partial charge in [-0.3, -0.25) is 0 Å². The Morgan fingerprint density at radius 3 is 2.82 bits per heavy atom. The van der Waals surface area contributed by atoms with Crippen molar-refractivity contribution in [3.8, 4) is 5.75 Å². The third-order valence-corrected chi connectivity index (χ3v) is 4.44. The fraction of sp³-hybridized carbons (Fsp3) is 0.455. The molecule has 1 fully saturated rings. The number of halogens is 1. The summed E-state index contributed by atoms with van der Waals surface area (Å²) in [7, 11) is -3.09. The number of hydrogen-bond donors (Lipinski definition) is 0. The molecule has 1 atom stereocenters. The van der Waals surface area contributed by atoms with Crippen LogP contribution < -0.4 is 4.74 Å². The molecule has 94 valence electrons. The lowest BCUT2D eigenvalue weighted by molar-refractivity contribution is 0.215. The molecule has 2 rings (SSSR count). The molecule has 4 nitrogen and oxygen atoms in total. The minimum Gasteiger partial charge on any atom is -0.489 e. The van der Waals surface area contributed by atoms with Crippen LogP contribution in [0.25, 0.3) is 0 Å². The Morgan fingerprint density at radius 2 is 2.24 bits per heavy atom. The Labute approximate surface area is 110 Å². The summed E-state index contributed by atoms with van der Waals surface area (Å²) in [6.45, 7) is 0.975. The van der Waals surface area contributed by atoms with Gasteiger partial charge in [0, 0.05) is 11.0 Å². The molecule has 17 heavy (non-hydrogen) atoms. The monoisotopic (exact) mass is 319 g/mol. The average molecular weight is 320 g/mol. The van der Waals surface area contributed by atoms with Crippen LogP contribution in [-0.4, -0.2) is 38.2 Å². The van der Waals surface area contributed by atoms with E-state index in [-0.39, 0.29) is 6.10 Å². The minimum absolute atomic E-state index is 0.0565. The molecule has 1 unspecified atom stereocenters. The first-order chi connectivity index (χ1) is 7.95. The second-order valence-corrected chi connectivity index (χ2v) is 7.01. The predicted molar refractivity (Wildman–Crippen MR) is 69.6 cm³/mol. The van der Waals surface area contributed by atoms with E-state index in [1.807, 2.05) is 24.3 Å². The highest BCUT2D eigenvalue weighted by molar-refractivity contribution is 9.10. The fourth-order valence-corrected chi connectivity index (χ4v) is 3.08. The van der Waals surface area contributed by atoms with E-state index < -0.39 is 10.0 Å². The highest BCUT2D eigenvalue weighted by Gasteiger charge is 2.29. The van der Waals surface area contributed by atoms with Crippen LogP contribution >= 0.6 is 15.9 Å². The highest BCUT2D eigenvalue weighted by Crippen LogP contribution is 2.22. The smallest absolute Gasteiger partial charge is 0.211 e. The molecule has 0 aromatic heterocycles. The van der Waals surface area contributed by atoms with Crippen LogP contribution in [0.5, 0.6) is 5.75 Å². The zero-order valence-corrected chi connectivity index (χ0v) is 11.9. The molecule has 0 radical (unpaired) electrons. The van der Waals surface area contributed by atoms with Gasteiger partial charge in [-0.15, -0.1) is 0 Å². The van der Waals surface area contributed by atoms with Crippen LogP contribution in [0, 0.1) is 0 Å². The van der Waals surface area contributed by atoms with Gasteiger partial charge in [0.05, 0.1) is 12.8 Å². The van der Waals surface area contributed by atoms with Crippen molar-refractivity contribution in [2.75, 3.05) is 19.3 Å². The van der Waals surface area contributed by atoms with Crippen LogP contribution in [-0.2, 0) is 10.0 Å². The summed E-state index contributed by atoms with van der Waals surface area (Å²) in [5.74, 6) is 0.764. The van der Waals surface area contributed by atoms with Crippen LogP contribution in [0.15, 0.2) is 28.7 Å². The summed E-state index contributed by atoms with van der Waals surface area (Å²) in [5.41, 5.74) is 0. The van der Waals surface area contributed by atoms with E-state index in [9.17, 15) is 8.42 Å². The maximum Gasteiger partial charge on any atom is 0.211 e. The third-order valence-electron chi connectivity index (χ3n) is 2.68. The fourth-order valence-electron chi connectivity index (χ4n) is 1.83. The van der Waals surface area contributed by atoms with Gasteiger partial charge >= 0.3 is 0 Å². The lowest BCUT2D eigenvalue weighted by atomic mass is 10.3. The van der Waals surface area contributed by atoms with Gasteiger partial charge in [-0.1, -0.05) is 22.0 Å². The van der Waals surface area contributed by atoms with Crippen LogP contribution in [0.3, 0.4) is 0 Å². The van der Waals surface area contributed by atoms with Crippen molar-refractivity contribution in [1.29, 1.82) is 0 Å². The van der Waals surface area contributed by atoms with Crippen molar-refractivity contribution in [2.45, 2.75) is 12.5 Å². The summed E-state index contributed by atoms with van der Waals surface area (Å²) in [6, 6.07) is 7.56. The van der Waals surface area contributed by atoms with Gasteiger partial charge in [0.2, 0.25) is 10.0 Å². The van der Waals surface area contributed by atoms with Crippen LogP contribution in [0.4, 0.5) is 0 Å². The quantitative estimate of drug-likeness (QED) is 0.854. The Balaban J connectivity index is 1.99. The SMILES string of the molecule is CS(=O)(=O)N1CCC(Oc2cccc(Br)c2)C1. The van der Waals surface area contributed by atoms with Gasteiger partial charge in [-0.2, -0.15) is 4.31 Å². The molecular weight excluding hydrogens is 306 g/mol. The predicted octanol–water partition coefficient (Wildman–Crippen LogP) is 1.86. The molecule has 1 aromatic rings. The molecule has 1 aliphatic heterocycles. The van der Waals surface area contributed by atoms with E-state index in [1.165, 1.54) is 10.6 Å². The molecule has 0 N–H and O–H groups in total. The molecule has 1 saturated heterocycles. The van der Waals surface area contributed by atoms with Gasteiger partial charge in [0.1, 0.15) is 11.9 Å². The molecule has 6 heteroatoms. The maximum absolute atomic E-state index is 11.3. The van der Waals surface area contributed by atoms with Crippen LogP contribution in [0.1, 0.15) is 6.42 Å². The second kappa shape index (κ2) is 4.96. The minimum atomic E-state index is -3.09. The summed E-state index contributed by atoms with van der Waals surface area (Å²) < 4.78 is 30.8. The zero-order chi connectivity index (χ0) is 12.5. The van der Waals surface area contributed by atoms with E-state index in [0.717, 1.165) is 16.6 Å². The lowest BCUT2D eigenvalue weighted by Gasteiger charge is -2.15. The highest BCUT2D eigenvalue weighted by atomic mass is 79.9. The first kappa shape index (κ1) is 12.9. The van der Waals surface area contributed by atoms with Gasteiger partial charge < -0.3 is 4.74 Å². The first-order valence-corrected chi connectivity index (χ1v) is 7.96. The average Bonchev–Trinajstić information content (AvgIpc) is 2.65. The Hall–Kier alpha value is -0.590. The van der Waals surface area contributed by atoms with Gasteiger partial charge in [0.25, 0.3) is 0 Å². The zero-order valence-electron chi connectivity index (χ0n) is 9.47. The summed E-state index contributed by atoms with van der Waals surface area (Å²) in [5, 5.41) is 0. The topological polar surface area (TPSA) is 46.6 Å². The first-order valence-electron chi connectivity index (χ1n) is 5.32. The maximum atomic E-state index is 11.3. The number of hydrogen-bond acceptors (Lipinski definition) is 3. The summed E-state index contributed by atoms with van der Waals surface area (Å²) >= 11 is 3.37. The molecular formula is C11H14BrNO3S. The van der Waals surface area contributed by atoms with E-state index in [0.29, 0.717) is 13.1 Å². The Morgan fingerprint density at radius 1 is 1.47 bits per heavy atom. The van der Waals surface area contributed by atoms with Gasteiger partial charge in [0.15, 0.2) is 0 Å². The normalized spacial score (nSPS) is 21.6. The molecule has 1 aliphatic rings. The van der Waals surface area contributed by atoms with E-state index in [1.54, 1.807) is 0 Å². The summed E-state index contributed by atoms with van der Waals surface area (Å²) in [4.78, 5) is 0. The molecule has 0 aliphatic carbocycles. The standard InChI is InChI=1S/C11H14BrNO3S/c1-17(14,15)13-6-5-11(8-13)16-10-4-2-3-9(12)7-10/h2-4,7,11H,5-6,8H2,1H3. The van der Waals surface area contributed by atoms with Crippen molar-refractivity contribution in [3.05, 3.63) is 28.7 Å². The lowest BCUT2D eigenvalue weighted by Crippen LogP contribution is -2.29. The number of benzene rings is 1. The van der Waals surface area contributed by atoms with Crippen molar-refractivity contribution in [3.63, 3.8) is 0 Å². The number of ether oxygens (including phenoxy) is 1. The van der Waals surface area contributed by atoms with Gasteiger partial charge in [-0.25, -0.2) is 8.42 Å². The van der Waals surface area contributed by atoms with E-state index >= 15 is 0 Å². The number of nitrogens with zero attached hydrogens (tertiary/aromatic N) is 1. The molecule has 0 amide bonds. The Kier molecular flexibility index (Phi) is 3.75. The molecule has 0 bridgehead atoms. The van der Waals surface area contributed by atoms with Gasteiger partial charge in [-0.05, 0) is 24.6 Å². The molecule has 1 aromatic carbocycles. The molecule has 0 spiro atoms. The second-order valence-electron chi connectivity index (χ2n) is 4.11. The van der Waals surface area contributed by atoms with Crippen molar-refractivity contribution in [2.24, 2.45) is 0 Å². The van der Waals surface area contributed by atoms with E-state index in [2.05, 4.69) is 15.9 Å². The molecule has 0 saturated carbocycles. The molecule has 1 heterocycles. The number of sulfonamides is 1. The Bertz CT molecular complexity index is 503. The van der Waals surface area contributed by atoms with Crippen molar-refractivity contribution < 1.29 is 13.2 Å². The summed E-state index contributed by atoms with van der Waals surface area (Å²) in [6.07, 6.45) is 1.91. The number of rotatable bonds is 3. The van der Waals surface area contributed by atoms with E-state index in [4.69, 9.17) is 4.74 Å². The van der Waals surface area contributed by atoms with Crippen LogP contribution in [0.2, 0.25) is 0 Å². The van der Waals surface area contributed by atoms with Crippen molar-refractivity contribution in [1.82, 2.24) is 4.31 Å². The largest absolute Gasteiger partial charge is 0.489 e. The third kappa shape index (κ3) is 3.43. The van der Waals surface area contributed by atoms with Crippen molar-refractivity contribution >= 4 is 26.0 Å².